The summed E-state index contributed by atoms with van der Waals surface area (Å²) >= 11 is 0. The SMILES string of the molecule is O=C1c2ccccc2C(=O)c2c1cc([O-])c(O)c2O.[Na+]. The minimum atomic E-state index is -0.917. The van der Waals surface area contributed by atoms with Gasteiger partial charge in [-0.1, -0.05) is 36.1 Å². The molecule has 1 aliphatic rings. The fourth-order valence-corrected chi connectivity index (χ4v) is 2.20. The maximum absolute atomic E-state index is 12.2. The summed E-state index contributed by atoms with van der Waals surface area (Å²) in [7, 11) is 0. The van der Waals surface area contributed by atoms with Crippen molar-refractivity contribution in [1.29, 1.82) is 0 Å². The number of aromatic hydroxyl groups is 2. The Bertz CT molecular complexity index is 751. The van der Waals surface area contributed by atoms with Gasteiger partial charge < -0.3 is 15.3 Å². The average Bonchev–Trinajstić information content (AvgIpc) is 2.42. The van der Waals surface area contributed by atoms with Crippen molar-refractivity contribution in [2.75, 3.05) is 0 Å². The van der Waals surface area contributed by atoms with Crippen LogP contribution in [0.4, 0.5) is 0 Å². The molecule has 0 aromatic heterocycles. The predicted molar refractivity (Wildman–Crippen MR) is 62.5 cm³/mol. The van der Waals surface area contributed by atoms with Gasteiger partial charge in [0.25, 0.3) is 0 Å². The third-order valence-electron chi connectivity index (χ3n) is 3.13. The normalized spacial score (nSPS) is 12.4. The molecule has 0 radical (unpaired) electrons. The second-order valence-corrected chi connectivity index (χ2v) is 4.20. The van der Waals surface area contributed by atoms with E-state index in [0.717, 1.165) is 6.07 Å². The number of rotatable bonds is 0. The van der Waals surface area contributed by atoms with Crippen molar-refractivity contribution in [2.45, 2.75) is 0 Å². The van der Waals surface area contributed by atoms with Gasteiger partial charge in [0.15, 0.2) is 17.3 Å². The number of carbonyl (C=O) groups excluding carboxylic acids is 2. The molecular formula is C14H7NaO5. The first-order valence-electron chi connectivity index (χ1n) is 5.46. The Morgan fingerprint density at radius 2 is 1.40 bits per heavy atom. The third-order valence-corrected chi connectivity index (χ3v) is 3.13. The van der Waals surface area contributed by atoms with Crippen molar-refractivity contribution in [3.8, 4) is 17.2 Å². The van der Waals surface area contributed by atoms with Gasteiger partial charge in [0, 0.05) is 16.7 Å². The van der Waals surface area contributed by atoms with Gasteiger partial charge in [-0.15, -0.1) is 0 Å². The maximum atomic E-state index is 12.2. The maximum Gasteiger partial charge on any atom is 1.00 e. The number of ketones is 2. The van der Waals surface area contributed by atoms with Crippen molar-refractivity contribution in [3.05, 3.63) is 52.6 Å². The molecule has 0 saturated carbocycles. The minimum Gasteiger partial charge on any atom is -0.870 e. The first kappa shape index (κ1) is 14.6. The van der Waals surface area contributed by atoms with Crippen LogP contribution in [0.3, 0.4) is 0 Å². The molecule has 2 aromatic carbocycles. The van der Waals surface area contributed by atoms with Gasteiger partial charge >= 0.3 is 29.6 Å². The van der Waals surface area contributed by atoms with E-state index in [2.05, 4.69) is 0 Å². The van der Waals surface area contributed by atoms with Crippen LogP contribution in [0.1, 0.15) is 31.8 Å². The second-order valence-electron chi connectivity index (χ2n) is 4.20. The Labute approximate surface area is 135 Å². The molecule has 3 rings (SSSR count). The predicted octanol–water partition coefficient (Wildman–Crippen LogP) is -2.05. The number of phenols is 2. The van der Waals surface area contributed by atoms with Crippen LogP contribution in [-0.2, 0) is 0 Å². The molecule has 0 saturated heterocycles. The zero-order valence-electron chi connectivity index (χ0n) is 10.5. The monoisotopic (exact) mass is 278 g/mol. The Balaban J connectivity index is 0.00000147. The quantitative estimate of drug-likeness (QED) is 0.364. The first-order chi connectivity index (χ1) is 9.02. The summed E-state index contributed by atoms with van der Waals surface area (Å²) in [5.41, 5.74) is -0.164. The molecule has 1 aliphatic carbocycles. The number of phenolic OH excluding ortho intramolecular Hbond substituents is 2. The molecule has 0 unspecified atom stereocenters. The van der Waals surface area contributed by atoms with E-state index in [4.69, 9.17) is 0 Å². The van der Waals surface area contributed by atoms with E-state index in [-0.39, 0.29) is 51.8 Å². The molecule has 0 aliphatic heterocycles. The van der Waals surface area contributed by atoms with Crippen molar-refractivity contribution in [2.24, 2.45) is 0 Å². The number of hydrogen-bond donors (Lipinski definition) is 2. The van der Waals surface area contributed by atoms with E-state index < -0.39 is 28.8 Å². The Morgan fingerprint density at radius 1 is 0.850 bits per heavy atom. The summed E-state index contributed by atoms with van der Waals surface area (Å²) in [6, 6.07) is 7.01. The van der Waals surface area contributed by atoms with Gasteiger partial charge in [-0.25, -0.2) is 0 Å². The first-order valence-corrected chi connectivity index (χ1v) is 5.46. The standard InChI is InChI=1S/C14H8O5.Na/c15-9-5-8-10(14(19)13(9)18)12(17)7-4-2-1-3-6(7)11(8)16;/h1-5,15,18-19H;/q;+1/p-1. The van der Waals surface area contributed by atoms with E-state index in [1.165, 1.54) is 12.1 Å². The number of carbonyl (C=O) groups is 2. The number of benzene rings is 2. The van der Waals surface area contributed by atoms with Crippen LogP contribution in [0.15, 0.2) is 30.3 Å². The molecule has 5 nitrogen and oxygen atoms in total. The Hall–Kier alpha value is -1.82. The van der Waals surface area contributed by atoms with Crippen LogP contribution in [0, 0.1) is 0 Å². The van der Waals surface area contributed by atoms with Crippen LogP contribution in [-0.4, -0.2) is 21.8 Å². The number of hydrogen-bond acceptors (Lipinski definition) is 5. The van der Waals surface area contributed by atoms with Crippen molar-refractivity contribution in [3.63, 3.8) is 0 Å². The molecule has 6 heteroatoms. The van der Waals surface area contributed by atoms with E-state index in [1.807, 2.05) is 0 Å². The third kappa shape index (κ3) is 1.83. The summed E-state index contributed by atoms with van der Waals surface area (Å²) < 4.78 is 0. The summed E-state index contributed by atoms with van der Waals surface area (Å²) in [6.45, 7) is 0. The van der Waals surface area contributed by atoms with Crippen molar-refractivity contribution in [1.82, 2.24) is 0 Å². The van der Waals surface area contributed by atoms with Gasteiger partial charge in [0.2, 0.25) is 0 Å². The van der Waals surface area contributed by atoms with Crippen molar-refractivity contribution >= 4 is 11.6 Å². The topological polar surface area (TPSA) is 97.7 Å². The van der Waals surface area contributed by atoms with Gasteiger partial charge in [0.05, 0.1) is 5.56 Å². The Morgan fingerprint density at radius 3 is 2.00 bits per heavy atom. The van der Waals surface area contributed by atoms with Gasteiger partial charge in [-0.3, -0.25) is 9.59 Å². The van der Waals surface area contributed by atoms with Gasteiger partial charge in [-0.2, -0.15) is 0 Å². The summed E-state index contributed by atoms with van der Waals surface area (Å²) in [5, 5.41) is 30.5. The van der Waals surface area contributed by atoms with Crippen LogP contribution in [0.2, 0.25) is 0 Å². The molecule has 0 fully saturated rings. The van der Waals surface area contributed by atoms with E-state index in [0.29, 0.717) is 0 Å². The van der Waals surface area contributed by atoms with E-state index >= 15 is 0 Å². The zero-order valence-corrected chi connectivity index (χ0v) is 12.5. The van der Waals surface area contributed by atoms with Crippen LogP contribution >= 0.6 is 0 Å². The van der Waals surface area contributed by atoms with Crippen LogP contribution in [0.5, 0.6) is 17.2 Å². The van der Waals surface area contributed by atoms with Gasteiger partial charge in [0.1, 0.15) is 5.75 Å². The zero-order chi connectivity index (χ0) is 13.7. The summed E-state index contributed by atoms with van der Waals surface area (Å²) in [5.74, 6) is -3.75. The molecule has 20 heavy (non-hydrogen) atoms. The Kier molecular flexibility index (Phi) is 3.60. The molecule has 0 amide bonds. The van der Waals surface area contributed by atoms with Gasteiger partial charge in [-0.05, 0) is 0 Å². The smallest absolute Gasteiger partial charge is 0.870 e. The number of fused-ring (bicyclic) bond motifs is 2. The second kappa shape index (κ2) is 4.94. The molecule has 2 N–H and O–H groups in total. The average molecular weight is 278 g/mol. The molecule has 2 aromatic rings. The van der Waals surface area contributed by atoms with Crippen LogP contribution in [0.25, 0.3) is 0 Å². The van der Waals surface area contributed by atoms with Crippen molar-refractivity contribution < 1.29 is 54.5 Å². The fraction of sp³-hybridized carbons (Fsp3) is 0. The largest absolute Gasteiger partial charge is 1.00 e. The summed E-state index contributed by atoms with van der Waals surface area (Å²) in [4.78, 5) is 24.4. The molecule has 94 valence electrons. The molecule has 0 heterocycles. The molecule has 0 atom stereocenters. The minimum absolute atomic E-state index is 0. The van der Waals surface area contributed by atoms with Crippen LogP contribution < -0.4 is 34.7 Å². The molecule has 0 bridgehead atoms. The van der Waals surface area contributed by atoms with E-state index in [9.17, 15) is 24.9 Å². The fourth-order valence-electron chi connectivity index (χ4n) is 2.20. The molecular weight excluding hydrogens is 271 g/mol. The van der Waals surface area contributed by atoms with E-state index in [1.54, 1.807) is 12.1 Å². The molecule has 0 spiro atoms. The summed E-state index contributed by atoms with van der Waals surface area (Å²) in [6.07, 6.45) is 0.